The average molecular weight is 431 g/mol. The van der Waals surface area contributed by atoms with Crippen molar-refractivity contribution < 1.29 is 23.1 Å². The fourth-order valence-electron chi connectivity index (χ4n) is 3.56. The zero-order chi connectivity index (χ0) is 21.1. The fourth-order valence-corrected chi connectivity index (χ4v) is 4.68. The summed E-state index contributed by atoms with van der Waals surface area (Å²) in [6, 6.07) is 13.4. The van der Waals surface area contributed by atoms with E-state index in [9.17, 15) is 18.4 Å². The van der Waals surface area contributed by atoms with Gasteiger partial charge in [-0.15, -0.1) is 11.3 Å². The maximum atomic E-state index is 12.8. The normalized spacial score (nSPS) is 16.2. The summed E-state index contributed by atoms with van der Waals surface area (Å²) < 4.78 is 30.5. The van der Waals surface area contributed by atoms with E-state index in [1.165, 1.54) is 18.2 Å². The molecule has 3 aromatic rings. The molecule has 1 aliphatic heterocycles. The Morgan fingerprint density at radius 3 is 2.77 bits per heavy atom. The number of para-hydroxylation sites is 2. The summed E-state index contributed by atoms with van der Waals surface area (Å²) in [7, 11) is 0. The molecule has 9 heteroatoms. The van der Waals surface area contributed by atoms with Crippen molar-refractivity contribution in [2.24, 2.45) is 0 Å². The van der Waals surface area contributed by atoms with Gasteiger partial charge in [0.1, 0.15) is 10.8 Å². The number of amides is 2. The predicted octanol–water partition coefficient (Wildman–Crippen LogP) is 3.99. The molecule has 4 rings (SSSR count). The Hall–Kier alpha value is -3.07. The number of alkyl halides is 2. The van der Waals surface area contributed by atoms with E-state index in [2.05, 4.69) is 15.0 Å². The van der Waals surface area contributed by atoms with Gasteiger partial charge in [-0.2, -0.15) is 8.78 Å². The predicted molar refractivity (Wildman–Crippen MR) is 109 cm³/mol. The molecule has 0 saturated carbocycles. The molecule has 2 heterocycles. The lowest BCUT2D eigenvalue weighted by Crippen LogP contribution is -2.40. The number of likely N-dealkylation sites (tertiary alicyclic amines) is 1. The molecule has 1 aliphatic rings. The van der Waals surface area contributed by atoms with Gasteiger partial charge >= 0.3 is 6.61 Å². The third kappa shape index (κ3) is 4.25. The number of carbonyl (C=O) groups is 2. The molecule has 156 valence electrons. The summed E-state index contributed by atoms with van der Waals surface area (Å²) in [4.78, 5) is 31.6. The van der Waals surface area contributed by atoms with E-state index in [4.69, 9.17) is 0 Å². The number of halogens is 2. The largest absolute Gasteiger partial charge is 0.434 e. The van der Waals surface area contributed by atoms with E-state index in [1.807, 2.05) is 24.3 Å². The minimum absolute atomic E-state index is 0.0465. The van der Waals surface area contributed by atoms with Gasteiger partial charge < -0.3 is 15.0 Å². The van der Waals surface area contributed by atoms with Crippen molar-refractivity contribution in [3.05, 3.63) is 59.1 Å². The van der Waals surface area contributed by atoms with E-state index < -0.39 is 12.5 Å². The summed E-state index contributed by atoms with van der Waals surface area (Å²) in [5.74, 6) is -1.11. The van der Waals surface area contributed by atoms with Gasteiger partial charge in [-0.05, 0) is 37.1 Å². The van der Waals surface area contributed by atoms with Gasteiger partial charge in [0.15, 0.2) is 0 Å². The minimum Gasteiger partial charge on any atom is -0.434 e. The van der Waals surface area contributed by atoms with Crippen LogP contribution in [0.4, 0.5) is 8.78 Å². The first-order valence-corrected chi connectivity index (χ1v) is 10.3. The Balaban J connectivity index is 1.43. The zero-order valence-electron chi connectivity index (χ0n) is 15.9. The second-order valence-corrected chi connectivity index (χ2v) is 7.88. The van der Waals surface area contributed by atoms with Crippen LogP contribution in [0.3, 0.4) is 0 Å². The van der Waals surface area contributed by atoms with Crippen LogP contribution in [0.2, 0.25) is 0 Å². The number of hydrogen-bond donors (Lipinski definition) is 1. The zero-order valence-corrected chi connectivity index (χ0v) is 16.7. The third-order valence-electron chi connectivity index (χ3n) is 4.92. The highest BCUT2D eigenvalue weighted by Crippen LogP contribution is 2.36. The Bertz CT molecular complexity index is 1040. The molecular formula is C21H19F2N3O3S. The van der Waals surface area contributed by atoms with Crippen LogP contribution in [0.15, 0.2) is 48.5 Å². The maximum absolute atomic E-state index is 12.8. The number of nitrogens with zero attached hydrogens (tertiary/aromatic N) is 2. The van der Waals surface area contributed by atoms with Crippen molar-refractivity contribution in [2.75, 3.05) is 13.1 Å². The number of hydrogen-bond acceptors (Lipinski definition) is 5. The Morgan fingerprint density at radius 1 is 1.20 bits per heavy atom. The minimum atomic E-state index is -3.04. The third-order valence-corrected chi connectivity index (χ3v) is 6.05. The molecule has 1 N–H and O–H groups in total. The van der Waals surface area contributed by atoms with Crippen LogP contribution in [0.5, 0.6) is 5.75 Å². The molecule has 1 saturated heterocycles. The quantitative estimate of drug-likeness (QED) is 0.641. The molecule has 0 aliphatic carbocycles. The molecule has 1 aromatic heterocycles. The highest BCUT2D eigenvalue weighted by atomic mass is 32.1. The van der Waals surface area contributed by atoms with Gasteiger partial charge in [0.2, 0.25) is 5.91 Å². The van der Waals surface area contributed by atoms with E-state index >= 15 is 0 Å². The van der Waals surface area contributed by atoms with Crippen LogP contribution in [0.1, 0.15) is 34.2 Å². The molecular weight excluding hydrogens is 412 g/mol. The van der Waals surface area contributed by atoms with Crippen molar-refractivity contribution >= 4 is 33.4 Å². The smallest absolute Gasteiger partial charge is 0.387 e. The number of aromatic nitrogens is 1. The topological polar surface area (TPSA) is 71.5 Å². The average Bonchev–Trinajstić information content (AvgIpc) is 3.38. The maximum Gasteiger partial charge on any atom is 0.387 e. The second-order valence-electron chi connectivity index (χ2n) is 6.82. The number of nitrogens with one attached hydrogen (secondary N) is 1. The van der Waals surface area contributed by atoms with Gasteiger partial charge in [-0.25, -0.2) is 4.98 Å². The number of thiazole rings is 1. The summed E-state index contributed by atoms with van der Waals surface area (Å²) in [5, 5.41) is 3.39. The van der Waals surface area contributed by atoms with Crippen LogP contribution in [0, 0.1) is 0 Å². The number of benzene rings is 2. The van der Waals surface area contributed by atoms with Crippen molar-refractivity contribution in [3.8, 4) is 5.75 Å². The van der Waals surface area contributed by atoms with Crippen LogP contribution in [-0.2, 0) is 4.79 Å². The lowest BCUT2D eigenvalue weighted by Gasteiger charge is -2.23. The van der Waals surface area contributed by atoms with Crippen LogP contribution in [0.25, 0.3) is 10.2 Å². The summed E-state index contributed by atoms with van der Waals surface area (Å²) in [5.41, 5.74) is 0.857. The van der Waals surface area contributed by atoms with E-state index in [-0.39, 0.29) is 29.8 Å². The Labute approximate surface area is 175 Å². The number of ether oxygens (including phenoxy) is 1. The molecule has 1 fully saturated rings. The number of carbonyl (C=O) groups excluding carboxylic acids is 2. The van der Waals surface area contributed by atoms with Gasteiger partial charge in [-0.3, -0.25) is 9.59 Å². The van der Waals surface area contributed by atoms with Gasteiger partial charge in [0, 0.05) is 6.54 Å². The van der Waals surface area contributed by atoms with Crippen LogP contribution >= 0.6 is 11.3 Å². The molecule has 0 bridgehead atoms. The molecule has 30 heavy (non-hydrogen) atoms. The SMILES string of the molecule is O=C(NCC(=O)N1CCCC1c1nc2ccccc2s1)c1ccccc1OC(F)F. The van der Waals surface area contributed by atoms with Gasteiger partial charge in [-0.1, -0.05) is 24.3 Å². The Morgan fingerprint density at radius 2 is 1.97 bits per heavy atom. The lowest BCUT2D eigenvalue weighted by atomic mass is 10.2. The monoisotopic (exact) mass is 431 g/mol. The first-order chi connectivity index (χ1) is 14.5. The summed E-state index contributed by atoms with van der Waals surface area (Å²) in [6.45, 7) is -2.69. The van der Waals surface area contributed by atoms with E-state index in [0.29, 0.717) is 6.54 Å². The molecule has 0 radical (unpaired) electrons. The summed E-state index contributed by atoms with van der Waals surface area (Å²) in [6.07, 6.45) is 1.66. The number of rotatable bonds is 6. The first kappa shape index (κ1) is 20.2. The fraction of sp³-hybridized carbons (Fsp3) is 0.286. The van der Waals surface area contributed by atoms with Crippen LogP contribution in [-0.4, -0.2) is 41.4 Å². The Kier molecular flexibility index (Phi) is 5.89. The van der Waals surface area contributed by atoms with Crippen molar-refractivity contribution in [2.45, 2.75) is 25.5 Å². The summed E-state index contributed by atoms with van der Waals surface area (Å²) >= 11 is 1.56. The highest BCUT2D eigenvalue weighted by molar-refractivity contribution is 7.18. The lowest BCUT2D eigenvalue weighted by molar-refractivity contribution is -0.131. The molecule has 6 nitrogen and oxygen atoms in total. The van der Waals surface area contributed by atoms with Gasteiger partial charge in [0.25, 0.3) is 5.91 Å². The van der Waals surface area contributed by atoms with Gasteiger partial charge in [0.05, 0.1) is 28.4 Å². The molecule has 1 atom stereocenters. The van der Waals surface area contributed by atoms with Crippen molar-refractivity contribution in [3.63, 3.8) is 0 Å². The molecule has 2 aromatic carbocycles. The van der Waals surface area contributed by atoms with Crippen LogP contribution < -0.4 is 10.1 Å². The van der Waals surface area contributed by atoms with E-state index in [1.54, 1.807) is 22.3 Å². The molecule has 1 unspecified atom stereocenters. The first-order valence-electron chi connectivity index (χ1n) is 9.50. The number of fused-ring (bicyclic) bond motifs is 1. The van der Waals surface area contributed by atoms with E-state index in [0.717, 1.165) is 28.1 Å². The van der Waals surface area contributed by atoms with Crippen molar-refractivity contribution in [1.82, 2.24) is 15.2 Å². The molecule has 2 amide bonds. The second kappa shape index (κ2) is 8.74. The molecule has 0 spiro atoms. The highest BCUT2D eigenvalue weighted by Gasteiger charge is 2.32. The standard InChI is InChI=1S/C21H19F2N3O3S/c22-21(23)29-16-9-3-1-6-13(16)19(28)24-12-18(27)26-11-5-8-15(26)20-25-14-7-2-4-10-17(14)30-20/h1-4,6-7,9-10,15,21H,5,8,11-12H2,(H,24,28). The van der Waals surface area contributed by atoms with Crippen molar-refractivity contribution in [1.29, 1.82) is 0 Å².